The van der Waals surface area contributed by atoms with Crippen molar-refractivity contribution in [3.05, 3.63) is 23.9 Å². The van der Waals surface area contributed by atoms with Crippen LogP contribution < -0.4 is 10.1 Å². The number of aliphatic hydroxyl groups excluding tert-OH is 1. The van der Waals surface area contributed by atoms with Crippen LogP contribution in [0.5, 0.6) is 5.88 Å². The van der Waals surface area contributed by atoms with E-state index in [1.807, 2.05) is 0 Å². The van der Waals surface area contributed by atoms with Crippen molar-refractivity contribution in [1.82, 2.24) is 10.3 Å². The Bertz CT molecular complexity index is 507. The topological polar surface area (TPSA) is 71.5 Å². The minimum absolute atomic E-state index is 0.00154. The minimum Gasteiger partial charge on any atom is -0.472 e. The standard InChI is InChI=1S/C15H20F2N2O3/c16-12(17)9-22-13-8-11(2-6-18-13)14(21)19-10-15(5-7-20)3-1-4-15/h2,6,8,12,20H,1,3-5,7,9-10H2,(H,19,21). The van der Waals surface area contributed by atoms with Gasteiger partial charge < -0.3 is 15.2 Å². The predicted octanol–water partition coefficient (Wildman–Crippen LogP) is 2.01. The van der Waals surface area contributed by atoms with Gasteiger partial charge in [0.25, 0.3) is 12.3 Å². The minimum atomic E-state index is -2.59. The summed E-state index contributed by atoms with van der Waals surface area (Å²) in [5, 5.41) is 11.9. The molecule has 1 fully saturated rings. The Hall–Kier alpha value is -1.76. The first-order chi connectivity index (χ1) is 10.5. The smallest absolute Gasteiger partial charge is 0.272 e. The second kappa shape index (κ2) is 7.49. The summed E-state index contributed by atoms with van der Waals surface area (Å²) in [5.41, 5.74) is 0.310. The van der Waals surface area contributed by atoms with Crippen molar-refractivity contribution in [2.24, 2.45) is 5.41 Å². The first kappa shape index (κ1) is 16.6. The highest BCUT2D eigenvalue weighted by atomic mass is 19.3. The zero-order chi connectivity index (χ0) is 16.0. The van der Waals surface area contributed by atoms with E-state index in [0.29, 0.717) is 18.5 Å². The zero-order valence-corrected chi connectivity index (χ0v) is 12.2. The average Bonchev–Trinajstić information content (AvgIpc) is 2.47. The SMILES string of the molecule is O=C(NCC1(CCO)CCC1)c1ccnc(OCC(F)F)c1. The monoisotopic (exact) mass is 314 g/mol. The number of halogens is 2. The molecule has 1 heterocycles. The van der Waals surface area contributed by atoms with Gasteiger partial charge >= 0.3 is 0 Å². The van der Waals surface area contributed by atoms with Gasteiger partial charge in [-0.1, -0.05) is 6.42 Å². The third kappa shape index (κ3) is 4.37. The molecule has 0 bridgehead atoms. The van der Waals surface area contributed by atoms with Crippen LogP contribution >= 0.6 is 0 Å². The van der Waals surface area contributed by atoms with Crippen LogP contribution in [0, 0.1) is 5.41 Å². The molecule has 0 unspecified atom stereocenters. The van der Waals surface area contributed by atoms with E-state index in [1.54, 1.807) is 0 Å². The van der Waals surface area contributed by atoms with Gasteiger partial charge in [-0.3, -0.25) is 4.79 Å². The Balaban J connectivity index is 1.90. The summed E-state index contributed by atoms with van der Waals surface area (Å²) in [6, 6.07) is 2.85. The number of nitrogens with one attached hydrogen (secondary N) is 1. The summed E-state index contributed by atoms with van der Waals surface area (Å²) in [7, 11) is 0. The second-order valence-corrected chi connectivity index (χ2v) is 5.59. The lowest BCUT2D eigenvalue weighted by Crippen LogP contribution is -2.42. The van der Waals surface area contributed by atoms with E-state index in [9.17, 15) is 13.6 Å². The molecule has 1 saturated carbocycles. The van der Waals surface area contributed by atoms with Gasteiger partial charge in [-0.25, -0.2) is 13.8 Å². The molecule has 2 rings (SSSR count). The number of alkyl halides is 2. The van der Waals surface area contributed by atoms with Gasteiger partial charge in [-0.05, 0) is 30.7 Å². The first-order valence-corrected chi connectivity index (χ1v) is 7.31. The number of amides is 1. The van der Waals surface area contributed by atoms with Crippen molar-refractivity contribution in [3.63, 3.8) is 0 Å². The molecule has 122 valence electrons. The molecule has 1 aliphatic rings. The average molecular weight is 314 g/mol. The number of hydrogen-bond acceptors (Lipinski definition) is 4. The van der Waals surface area contributed by atoms with Crippen molar-refractivity contribution >= 4 is 5.91 Å². The van der Waals surface area contributed by atoms with Crippen molar-refractivity contribution in [2.45, 2.75) is 32.1 Å². The molecule has 0 aromatic carbocycles. The maximum atomic E-state index is 12.1. The van der Waals surface area contributed by atoms with E-state index in [2.05, 4.69) is 10.3 Å². The Kier molecular flexibility index (Phi) is 5.65. The van der Waals surface area contributed by atoms with Crippen LogP contribution in [0.3, 0.4) is 0 Å². The van der Waals surface area contributed by atoms with Gasteiger partial charge in [-0.15, -0.1) is 0 Å². The van der Waals surface area contributed by atoms with Gasteiger partial charge in [-0.2, -0.15) is 0 Å². The molecule has 22 heavy (non-hydrogen) atoms. The molecule has 1 aromatic rings. The highest BCUT2D eigenvalue weighted by Crippen LogP contribution is 2.43. The van der Waals surface area contributed by atoms with E-state index in [1.165, 1.54) is 18.3 Å². The molecule has 0 saturated heterocycles. The number of ether oxygens (including phenoxy) is 1. The summed E-state index contributed by atoms with van der Waals surface area (Å²) in [6.07, 6.45) is 2.53. The van der Waals surface area contributed by atoms with Crippen LogP contribution in [-0.2, 0) is 0 Å². The number of carbonyl (C=O) groups excluding carboxylic acids is 1. The number of aliphatic hydroxyl groups is 1. The zero-order valence-electron chi connectivity index (χ0n) is 12.2. The lowest BCUT2D eigenvalue weighted by Gasteiger charge is -2.41. The molecule has 0 spiro atoms. The fourth-order valence-corrected chi connectivity index (χ4v) is 2.58. The van der Waals surface area contributed by atoms with Gasteiger partial charge in [0.05, 0.1) is 0 Å². The maximum absolute atomic E-state index is 12.1. The molecule has 0 atom stereocenters. The maximum Gasteiger partial charge on any atom is 0.272 e. The number of pyridine rings is 1. The molecular weight excluding hydrogens is 294 g/mol. The van der Waals surface area contributed by atoms with Crippen LogP contribution in [0.1, 0.15) is 36.0 Å². The molecule has 0 radical (unpaired) electrons. The summed E-state index contributed by atoms with van der Waals surface area (Å²) >= 11 is 0. The Labute approximate surface area is 127 Å². The van der Waals surface area contributed by atoms with E-state index >= 15 is 0 Å². The van der Waals surface area contributed by atoms with Gasteiger partial charge in [0.2, 0.25) is 5.88 Å². The van der Waals surface area contributed by atoms with Crippen LogP contribution in [0.4, 0.5) is 8.78 Å². The van der Waals surface area contributed by atoms with E-state index in [4.69, 9.17) is 9.84 Å². The van der Waals surface area contributed by atoms with Crippen LogP contribution in [0.2, 0.25) is 0 Å². The van der Waals surface area contributed by atoms with Crippen LogP contribution in [-0.4, -0.2) is 42.2 Å². The first-order valence-electron chi connectivity index (χ1n) is 7.31. The third-order valence-corrected chi connectivity index (χ3v) is 4.03. The van der Waals surface area contributed by atoms with Crippen molar-refractivity contribution in [1.29, 1.82) is 0 Å². The molecule has 5 nitrogen and oxygen atoms in total. The van der Waals surface area contributed by atoms with Gasteiger partial charge in [0.15, 0.2) is 6.61 Å². The molecule has 1 aromatic heterocycles. The molecule has 2 N–H and O–H groups in total. The fourth-order valence-electron chi connectivity index (χ4n) is 2.58. The molecule has 1 aliphatic carbocycles. The normalized spacial score (nSPS) is 16.2. The predicted molar refractivity (Wildman–Crippen MR) is 76.1 cm³/mol. The number of nitrogens with zero attached hydrogens (tertiary/aromatic N) is 1. The summed E-state index contributed by atoms with van der Waals surface area (Å²) in [5.74, 6) is -0.296. The lowest BCUT2D eigenvalue weighted by atomic mass is 9.67. The van der Waals surface area contributed by atoms with Gasteiger partial charge in [0.1, 0.15) is 0 Å². The Morgan fingerprint density at radius 2 is 2.27 bits per heavy atom. The van der Waals surface area contributed by atoms with Crippen LogP contribution in [0.25, 0.3) is 0 Å². The number of rotatable bonds is 8. The van der Waals surface area contributed by atoms with Crippen molar-refractivity contribution in [3.8, 4) is 5.88 Å². The molecule has 7 heteroatoms. The summed E-state index contributed by atoms with van der Waals surface area (Å²) < 4.78 is 29.0. The number of aromatic nitrogens is 1. The lowest BCUT2D eigenvalue weighted by molar-refractivity contribution is 0.0730. The fraction of sp³-hybridized carbons (Fsp3) is 0.600. The number of carbonyl (C=O) groups is 1. The second-order valence-electron chi connectivity index (χ2n) is 5.59. The molecule has 1 amide bonds. The quantitative estimate of drug-likeness (QED) is 0.770. The Morgan fingerprint density at radius 1 is 1.50 bits per heavy atom. The molecular formula is C15H20F2N2O3. The Morgan fingerprint density at radius 3 is 2.86 bits per heavy atom. The van der Waals surface area contributed by atoms with Crippen molar-refractivity contribution < 1.29 is 23.4 Å². The third-order valence-electron chi connectivity index (χ3n) is 4.03. The van der Waals surface area contributed by atoms with Gasteiger partial charge in [0, 0.05) is 31.0 Å². The largest absolute Gasteiger partial charge is 0.472 e. The summed E-state index contributed by atoms with van der Waals surface area (Å²) in [6.45, 7) is -0.142. The highest BCUT2D eigenvalue weighted by Gasteiger charge is 2.36. The highest BCUT2D eigenvalue weighted by molar-refractivity contribution is 5.94. The van der Waals surface area contributed by atoms with E-state index in [-0.39, 0.29) is 23.8 Å². The summed E-state index contributed by atoms with van der Waals surface area (Å²) in [4.78, 5) is 15.9. The van der Waals surface area contributed by atoms with E-state index < -0.39 is 13.0 Å². The number of hydrogen-bond donors (Lipinski definition) is 2. The van der Waals surface area contributed by atoms with Crippen LogP contribution in [0.15, 0.2) is 18.3 Å². The van der Waals surface area contributed by atoms with E-state index in [0.717, 1.165) is 19.3 Å². The molecule has 0 aliphatic heterocycles. The van der Waals surface area contributed by atoms with Crippen molar-refractivity contribution in [2.75, 3.05) is 19.8 Å².